The minimum Gasteiger partial charge on any atom is -0.406 e. The summed E-state index contributed by atoms with van der Waals surface area (Å²) in [5.41, 5.74) is -0.237. The van der Waals surface area contributed by atoms with E-state index >= 15 is 0 Å². The average molecular weight is 447 g/mol. The number of nitrogens with one attached hydrogen (secondary N) is 1. The number of hydrogen-bond acceptors (Lipinski definition) is 5. The molecule has 0 bridgehead atoms. The third-order valence-electron chi connectivity index (χ3n) is 5.24. The largest absolute Gasteiger partial charge is 0.573 e. The van der Waals surface area contributed by atoms with E-state index in [0.717, 1.165) is 0 Å². The van der Waals surface area contributed by atoms with Crippen LogP contribution in [0.5, 0.6) is 5.75 Å². The van der Waals surface area contributed by atoms with E-state index < -0.39 is 17.6 Å². The second-order valence-electron chi connectivity index (χ2n) is 7.46. The zero-order chi connectivity index (χ0) is 23.0. The maximum absolute atomic E-state index is 12.7. The molecule has 3 heterocycles. The van der Waals surface area contributed by atoms with Gasteiger partial charge in [-0.3, -0.25) is 14.3 Å². The van der Waals surface area contributed by atoms with Crippen LogP contribution in [0.2, 0.25) is 0 Å². The highest BCUT2D eigenvalue weighted by Crippen LogP contribution is 2.25. The van der Waals surface area contributed by atoms with Crippen LogP contribution >= 0.6 is 0 Å². The highest BCUT2D eigenvalue weighted by Gasteiger charge is 2.31. The molecule has 0 aliphatic carbocycles. The van der Waals surface area contributed by atoms with Crippen LogP contribution in [0.15, 0.2) is 58.3 Å². The third kappa shape index (κ3) is 4.32. The maximum atomic E-state index is 12.7. The van der Waals surface area contributed by atoms with Crippen molar-refractivity contribution in [1.82, 2.24) is 24.0 Å². The van der Waals surface area contributed by atoms with Crippen LogP contribution in [0.3, 0.4) is 0 Å². The van der Waals surface area contributed by atoms with Gasteiger partial charge in [-0.25, -0.2) is 9.78 Å². The van der Waals surface area contributed by atoms with E-state index in [0.29, 0.717) is 17.9 Å². The molecule has 4 rings (SSSR count). The minimum absolute atomic E-state index is 0.0901. The van der Waals surface area contributed by atoms with Gasteiger partial charge in [0.05, 0.1) is 6.04 Å². The van der Waals surface area contributed by atoms with Crippen molar-refractivity contribution >= 4 is 11.2 Å². The van der Waals surface area contributed by atoms with Gasteiger partial charge in [0, 0.05) is 27.1 Å². The molecule has 32 heavy (non-hydrogen) atoms. The van der Waals surface area contributed by atoms with Crippen molar-refractivity contribution in [3.8, 4) is 5.75 Å². The van der Waals surface area contributed by atoms with Gasteiger partial charge in [-0.2, -0.15) is 0 Å². The molecule has 8 nitrogen and oxygen atoms in total. The van der Waals surface area contributed by atoms with E-state index in [1.54, 1.807) is 10.6 Å². The number of hydrogen-bond donors (Lipinski definition) is 1. The Morgan fingerprint density at radius 2 is 1.97 bits per heavy atom. The normalized spacial score (nSPS) is 16.2. The Bertz CT molecular complexity index is 1330. The summed E-state index contributed by atoms with van der Waals surface area (Å²) in [5.74, 6) is 0.0928. The standard InChI is InChI=1S/C21H20F3N5O3/c1-27-9-4-3-7-14(27)12-29-16(25-18-17(29)19(30)26-20(31)28(18)2)11-13-6-5-8-15(10-13)32-21(22,23)24/h3-10,14H,11-12H2,1-2H3,(H,26,30,31). The number of allylic oxidation sites excluding steroid dienone is 2. The molecule has 0 radical (unpaired) electrons. The van der Waals surface area contributed by atoms with Crippen LogP contribution in [0.4, 0.5) is 13.2 Å². The van der Waals surface area contributed by atoms with Gasteiger partial charge in [0.25, 0.3) is 5.56 Å². The van der Waals surface area contributed by atoms with Crippen molar-refractivity contribution < 1.29 is 17.9 Å². The van der Waals surface area contributed by atoms with Gasteiger partial charge in [-0.05, 0) is 30.0 Å². The molecule has 1 atom stereocenters. The second kappa shape index (κ2) is 8.06. The first-order valence-electron chi connectivity index (χ1n) is 9.72. The molecule has 0 spiro atoms. The average Bonchev–Trinajstić information content (AvgIpc) is 3.05. The van der Waals surface area contributed by atoms with Gasteiger partial charge in [0.1, 0.15) is 11.6 Å². The van der Waals surface area contributed by atoms with Crippen molar-refractivity contribution in [1.29, 1.82) is 0 Å². The number of rotatable bonds is 5. The Balaban J connectivity index is 1.79. The van der Waals surface area contributed by atoms with E-state index in [1.807, 2.05) is 36.4 Å². The molecule has 2 aromatic heterocycles. The van der Waals surface area contributed by atoms with Crippen molar-refractivity contribution in [3.05, 3.63) is 80.9 Å². The molecule has 0 amide bonds. The Labute approximate surface area is 179 Å². The molecule has 1 N–H and O–H groups in total. The molecule has 0 fully saturated rings. The fraction of sp³-hybridized carbons (Fsp3) is 0.286. The number of alkyl halides is 3. The Kier molecular flexibility index (Phi) is 5.41. The van der Waals surface area contributed by atoms with Crippen molar-refractivity contribution in [3.63, 3.8) is 0 Å². The molecule has 1 aliphatic rings. The van der Waals surface area contributed by atoms with Crippen LogP contribution < -0.4 is 16.0 Å². The zero-order valence-corrected chi connectivity index (χ0v) is 17.3. The van der Waals surface area contributed by atoms with Crippen molar-refractivity contribution in [2.45, 2.75) is 25.4 Å². The predicted octanol–water partition coefficient (Wildman–Crippen LogP) is 2.30. The lowest BCUT2D eigenvalue weighted by molar-refractivity contribution is -0.274. The number of fused-ring (bicyclic) bond motifs is 1. The lowest BCUT2D eigenvalue weighted by atomic mass is 10.1. The number of likely N-dealkylation sites (N-methyl/N-ethyl adjacent to an activating group) is 1. The van der Waals surface area contributed by atoms with Gasteiger partial charge in [-0.15, -0.1) is 13.2 Å². The fourth-order valence-corrected chi connectivity index (χ4v) is 3.65. The molecule has 1 aromatic carbocycles. The minimum atomic E-state index is -4.80. The lowest BCUT2D eigenvalue weighted by Gasteiger charge is -2.27. The molecule has 168 valence electrons. The summed E-state index contributed by atoms with van der Waals surface area (Å²) in [4.78, 5) is 33.5. The molecule has 1 unspecified atom stereocenters. The summed E-state index contributed by atoms with van der Waals surface area (Å²) in [6.45, 7) is 0.350. The number of imidazole rings is 1. The van der Waals surface area contributed by atoms with Gasteiger partial charge in [-0.1, -0.05) is 24.3 Å². The monoisotopic (exact) mass is 447 g/mol. The Hall–Kier alpha value is -3.76. The Morgan fingerprint density at radius 3 is 2.69 bits per heavy atom. The SMILES string of the molecule is CN1C=CC=CC1Cn1c(Cc2cccc(OC(F)(F)F)c2)nc2c1c(=O)[nH]c(=O)n2C. The topological polar surface area (TPSA) is 85.2 Å². The molecule has 1 aliphatic heterocycles. The number of benzene rings is 1. The van der Waals surface area contributed by atoms with E-state index in [-0.39, 0.29) is 29.4 Å². The van der Waals surface area contributed by atoms with Gasteiger partial charge >= 0.3 is 12.1 Å². The van der Waals surface area contributed by atoms with Gasteiger partial charge < -0.3 is 14.2 Å². The van der Waals surface area contributed by atoms with E-state index in [9.17, 15) is 22.8 Å². The van der Waals surface area contributed by atoms with Gasteiger partial charge in [0.2, 0.25) is 0 Å². The van der Waals surface area contributed by atoms with Crippen LogP contribution in [-0.2, 0) is 20.0 Å². The number of halogens is 3. The van der Waals surface area contributed by atoms with Crippen LogP contribution in [0, 0.1) is 0 Å². The zero-order valence-electron chi connectivity index (χ0n) is 17.3. The number of aryl methyl sites for hydroxylation is 1. The van der Waals surface area contributed by atoms with Crippen LogP contribution in [-0.4, -0.2) is 43.5 Å². The van der Waals surface area contributed by atoms with Crippen LogP contribution in [0.1, 0.15) is 11.4 Å². The first-order chi connectivity index (χ1) is 15.1. The van der Waals surface area contributed by atoms with E-state index in [2.05, 4.69) is 14.7 Å². The Morgan fingerprint density at radius 1 is 1.19 bits per heavy atom. The smallest absolute Gasteiger partial charge is 0.406 e. The maximum Gasteiger partial charge on any atom is 0.573 e. The van der Waals surface area contributed by atoms with Crippen molar-refractivity contribution in [2.24, 2.45) is 7.05 Å². The third-order valence-corrected chi connectivity index (χ3v) is 5.24. The number of nitrogens with zero attached hydrogens (tertiary/aromatic N) is 4. The quantitative estimate of drug-likeness (QED) is 0.649. The van der Waals surface area contributed by atoms with Crippen molar-refractivity contribution in [2.75, 3.05) is 7.05 Å². The van der Waals surface area contributed by atoms with E-state index in [1.165, 1.54) is 29.8 Å². The first kappa shape index (κ1) is 21.5. The van der Waals surface area contributed by atoms with Gasteiger partial charge in [0.15, 0.2) is 11.2 Å². The molecule has 3 aromatic rings. The number of aromatic amines is 1. The first-order valence-corrected chi connectivity index (χ1v) is 9.72. The number of H-pyrrole nitrogens is 1. The molecule has 11 heteroatoms. The molecular formula is C21H20F3N5O3. The highest BCUT2D eigenvalue weighted by molar-refractivity contribution is 5.71. The fourth-order valence-electron chi connectivity index (χ4n) is 3.65. The summed E-state index contributed by atoms with van der Waals surface area (Å²) in [5, 5.41) is 0. The summed E-state index contributed by atoms with van der Waals surface area (Å²) in [6, 6.07) is 5.49. The highest BCUT2D eigenvalue weighted by atomic mass is 19.4. The molecule has 0 saturated heterocycles. The predicted molar refractivity (Wildman–Crippen MR) is 111 cm³/mol. The van der Waals surface area contributed by atoms with E-state index in [4.69, 9.17) is 0 Å². The molecular weight excluding hydrogens is 427 g/mol. The number of ether oxygens (including phenoxy) is 1. The summed E-state index contributed by atoms with van der Waals surface area (Å²) >= 11 is 0. The molecule has 0 saturated carbocycles. The lowest BCUT2D eigenvalue weighted by Crippen LogP contribution is -2.33. The summed E-state index contributed by atoms with van der Waals surface area (Å²) in [6.07, 6.45) is 2.95. The summed E-state index contributed by atoms with van der Waals surface area (Å²) in [7, 11) is 3.39. The second-order valence-corrected chi connectivity index (χ2v) is 7.46. The van der Waals surface area contributed by atoms with Crippen LogP contribution in [0.25, 0.3) is 11.2 Å². The summed E-state index contributed by atoms with van der Waals surface area (Å²) < 4.78 is 44.8. The number of aromatic nitrogens is 4.